The van der Waals surface area contributed by atoms with E-state index in [1.165, 1.54) is 12.0 Å². The molecule has 9 nitrogen and oxygen atoms in total. The molecule has 2 aromatic heterocycles. The molecule has 4 rings (SSSR count). The number of unbranched alkanes of at least 4 members (excludes halogenated alkanes) is 3. The molecule has 1 N–H and O–H groups in total. The Labute approximate surface area is 187 Å². The molecule has 0 aliphatic heterocycles. The van der Waals surface area contributed by atoms with Crippen molar-refractivity contribution < 1.29 is 4.74 Å². The van der Waals surface area contributed by atoms with Gasteiger partial charge in [-0.05, 0) is 73.6 Å². The molecule has 0 aliphatic rings. The maximum atomic E-state index is 5.87. The highest BCUT2D eigenvalue weighted by Gasteiger charge is 2.07. The van der Waals surface area contributed by atoms with Gasteiger partial charge in [-0.2, -0.15) is 10.0 Å². The lowest BCUT2D eigenvalue weighted by atomic mass is 10.1. The van der Waals surface area contributed by atoms with Crippen molar-refractivity contribution in [2.75, 3.05) is 6.61 Å². The third kappa shape index (κ3) is 6.69. The number of aromatic amines is 1. The summed E-state index contributed by atoms with van der Waals surface area (Å²) in [7, 11) is 0. The normalized spacial score (nSPS) is 11.0. The molecule has 2 aromatic carbocycles. The molecule has 0 fully saturated rings. The predicted octanol–water partition coefficient (Wildman–Crippen LogP) is 3.67. The summed E-state index contributed by atoms with van der Waals surface area (Å²) in [6.45, 7) is 1.43. The van der Waals surface area contributed by atoms with Crippen LogP contribution in [-0.2, 0) is 19.4 Å². The zero-order chi connectivity index (χ0) is 21.8. The smallest absolute Gasteiger partial charge is 0.204 e. The highest BCUT2D eigenvalue weighted by atomic mass is 16.5. The number of hydrogen-bond acceptors (Lipinski definition) is 7. The van der Waals surface area contributed by atoms with Crippen LogP contribution < -0.4 is 4.74 Å². The Bertz CT molecular complexity index is 1030. The molecule has 0 spiro atoms. The first-order chi connectivity index (χ1) is 15.9. The van der Waals surface area contributed by atoms with Crippen molar-refractivity contribution in [2.45, 2.75) is 51.5 Å². The Balaban J connectivity index is 1.13. The lowest BCUT2D eigenvalue weighted by Gasteiger charge is -2.06. The largest absolute Gasteiger partial charge is 0.494 e. The summed E-state index contributed by atoms with van der Waals surface area (Å²) in [5.41, 5.74) is 2.33. The van der Waals surface area contributed by atoms with Gasteiger partial charge in [0.1, 0.15) is 5.75 Å². The second-order valence-corrected chi connectivity index (χ2v) is 7.66. The van der Waals surface area contributed by atoms with Gasteiger partial charge in [0.15, 0.2) is 5.82 Å². The van der Waals surface area contributed by atoms with Crippen LogP contribution in [0.25, 0.3) is 11.4 Å². The van der Waals surface area contributed by atoms with E-state index in [0.29, 0.717) is 12.4 Å². The SMILES string of the molecule is c1ccc(CCCCCOc2ccc(-c3nnn(CCCCc4nn[nH]n4)n3)cc2)cc1. The Morgan fingerprint density at radius 1 is 0.812 bits per heavy atom. The molecular weight excluding hydrogens is 404 g/mol. The van der Waals surface area contributed by atoms with Crippen LogP contribution in [-0.4, -0.2) is 47.4 Å². The van der Waals surface area contributed by atoms with Crippen molar-refractivity contribution in [1.82, 2.24) is 40.8 Å². The third-order valence-electron chi connectivity index (χ3n) is 5.18. The van der Waals surface area contributed by atoms with Gasteiger partial charge >= 0.3 is 0 Å². The maximum absolute atomic E-state index is 5.87. The molecule has 9 heteroatoms. The number of nitrogens with zero attached hydrogens (tertiary/aromatic N) is 7. The third-order valence-corrected chi connectivity index (χ3v) is 5.18. The first-order valence-corrected chi connectivity index (χ1v) is 11.1. The number of tetrazole rings is 2. The van der Waals surface area contributed by atoms with Gasteiger partial charge in [0.25, 0.3) is 0 Å². The van der Waals surface area contributed by atoms with Crippen LogP contribution in [0, 0.1) is 0 Å². The molecule has 0 saturated carbocycles. The summed E-state index contributed by atoms with van der Waals surface area (Å²) in [4.78, 5) is 1.63. The molecule has 0 saturated heterocycles. The monoisotopic (exact) mass is 432 g/mol. The van der Waals surface area contributed by atoms with Crippen LogP contribution in [0.5, 0.6) is 5.75 Å². The average molecular weight is 433 g/mol. The zero-order valence-corrected chi connectivity index (χ0v) is 18.1. The number of H-pyrrole nitrogens is 1. The van der Waals surface area contributed by atoms with E-state index in [1.54, 1.807) is 4.80 Å². The van der Waals surface area contributed by atoms with E-state index in [1.807, 2.05) is 24.3 Å². The molecular formula is C23H28N8O. The fraction of sp³-hybridized carbons (Fsp3) is 0.391. The molecule has 166 valence electrons. The lowest BCUT2D eigenvalue weighted by molar-refractivity contribution is 0.305. The van der Waals surface area contributed by atoms with E-state index in [-0.39, 0.29) is 0 Å². The molecule has 0 aliphatic carbocycles. The minimum Gasteiger partial charge on any atom is -0.494 e. The topological polar surface area (TPSA) is 107 Å². The molecule has 2 heterocycles. The van der Waals surface area contributed by atoms with E-state index in [4.69, 9.17) is 4.74 Å². The van der Waals surface area contributed by atoms with Gasteiger partial charge in [0.05, 0.1) is 13.2 Å². The highest BCUT2D eigenvalue weighted by molar-refractivity contribution is 5.55. The Hall–Kier alpha value is -3.62. The van der Waals surface area contributed by atoms with Crippen LogP contribution >= 0.6 is 0 Å². The number of benzene rings is 2. The minimum atomic E-state index is 0.621. The fourth-order valence-corrected chi connectivity index (χ4v) is 3.42. The van der Waals surface area contributed by atoms with Crippen molar-refractivity contribution in [3.05, 3.63) is 66.0 Å². The number of aromatic nitrogens is 8. The second-order valence-electron chi connectivity index (χ2n) is 7.66. The standard InChI is InChI=1S/C23H28N8O/c1-3-9-19(10-4-1)11-5-2-8-18-32-21-15-13-20(14-16-21)23-26-30-31(27-23)17-7-6-12-22-24-28-29-25-22/h1,3-4,9-10,13-16H,2,5-8,11-12,17-18H2,(H,24,25,28,29). The van der Waals surface area contributed by atoms with Crippen LogP contribution in [0.4, 0.5) is 0 Å². The van der Waals surface area contributed by atoms with Gasteiger partial charge in [0.2, 0.25) is 5.82 Å². The predicted molar refractivity (Wildman–Crippen MR) is 120 cm³/mol. The first kappa shape index (κ1) is 21.6. The van der Waals surface area contributed by atoms with Crippen LogP contribution in [0.15, 0.2) is 54.6 Å². The summed E-state index contributed by atoms with van der Waals surface area (Å²) in [5, 5.41) is 26.7. The highest BCUT2D eigenvalue weighted by Crippen LogP contribution is 2.19. The molecule has 0 amide bonds. The van der Waals surface area contributed by atoms with Crippen molar-refractivity contribution in [3.8, 4) is 17.1 Å². The van der Waals surface area contributed by atoms with E-state index >= 15 is 0 Å². The van der Waals surface area contributed by atoms with E-state index < -0.39 is 0 Å². The molecule has 0 bridgehead atoms. The van der Waals surface area contributed by atoms with Gasteiger partial charge in [0, 0.05) is 12.0 Å². The average Bonchev–Trinajstić information content (AvgIpc) is 3.53. The van der Waals surface area contributed by atoms with Gasteiger partial charge in [-0.25, -0.2) is 0 Å². The fourth-order valence-electron chi connectivity index (χ4n) is 3.42. The van der Waals surface area contributed by atoms with Gasteiger partial charge in [-0.3, -0.25) is 0 Å². The summed E-state index contributed by atoms with van der Waals surface area (Å²) < 4.78 is 5.87. The summed E-state index contributed by atoms with van der Waals surface area (Å²) in [5.74, 6) is 2.22. The summed E-state index contributed by atoms with van der Waals surface area (Å²) in [6.07, 6.45) is 7.17. The molecule has 0 unspecified atom stereocenters. The maximum Gasteiger partial charge on any atom is 0.204 e. The van der Waals surface area contributed by atoms with E-state index in [9.17, 15) is 0 Å². The van der Waals surface area contributed by atoms with Crippen molar-refractivity contribution >= 4 is 0 Å². The minimum absolute atomic E-state index is 0.621. The van der Waals surface area contributed by atoms with Crippen LogP contribution in [0.1, 0.15) is 43.5 Å². The summed E-state index contributed by atoms with van der Waals surface area (Å²) in [6, 6.07) is 18.5. The molecule has 0 radical (unpaired) electrons. The van der Waals surface area contributed by atoms with Crippen molar-refractivity contribution in [2.24, 2.45) is 0 Å². The lowest BCUT2D eigenvalue weighted by Crippen LogP contribution is -2.03. The number of rotatable bonds is 13. The first-order valence-electron chi connectivity index (χ1n) is 11.1. The van der Waals surface area contributed by atoms with Crippen LogP contribution in [0.3, 0.4) is 0 Å². The second kappa shape index (κ2) is 11.7. The quantitative estimate of drug-likeness (QED) is 0.321. The van der Waals surface area contributed by atoms with E-state index in [2.05, 4.69) is 66.4 Å². The van der Waals surface area contributed by atoms with Crippen molar-refractivity contribution in [1.29, 1.82) is 0 Å². The van der Waals surface area contributed by atoms with Gasteiger partial charge in [-0.1, -0.05) is 35.5 Å². The Morgan fingerprint density at radius 3 is 2.47 bits per heavy atom. The number of hydrogen-bond donors (Lipinski definition) is 1. The zero-order valence-electron chi connectivity index (χ0n) is 18.1. The Kier molecular flexibility index (Phi) is 7.89. The molecule has 4 aromatic rings. The van der Waals surface area contributed by atoms with E-state index in [0.717, 1.165) is 62.3 Å². The molecule has 32 heavy (non-hydrogen) atoms. The number of nitrogens with one attached hydrogen (secondary N) is 1. The van der Waals surface area contributed by atoms with Gasteiger partial charge in [-0.15, -0.1) is 20.4 Å². The molecule has 0 atom stereocenters. The number of aryl methyl sites for hydroxylation is 3. The van der Waals surface area contributed by atoms with Gasteiger partial charge < -0.3 is 4.74 Å². The van der Waals surface area contributed by atoms with Crippen LogP contribution in [0.2, 0.25) is 0 Å². The Morgan fingerprint density at radius 2 is 1.66 bits per heavy atom. The summed E-state index contributed by atoms with van der Waals surface area (Å²) >= 11 is 0. The number of ether oxygens (including phenoxy) is 1. The van der Waals surface area contributed by atoms with Crippen molar-refractivity contribution in [3.63, 3.8) is 0 Å².